The van der Waals surface area contributed by atoms with E-state index in [9.17, 15) is 23.2 Å². The minimum Gasteiger partial charge on any atom is -0.368 e. The molecule has 382 valence electrons. The molecule has 5 N–H and O–H groups in total. The molecule has 12 rings (SSSR count). The summed E-state index contributed by atoms with van der Waals surface area (Å²) in [7, 11) is 4.28. The van der Waals surface area contributed by atoms with E-state index in [-0.39, 0.29) is 40.9 Å². The number of anilines is 2. The molecule has 15 nitrogen and oxygen atoms in total. The smallest absolute Gasteiger partial charge is 0.273 e. The maximum atomic E-state index is 14.4. The molecule has 2 saturated heterocycles. The second kappa shape index (κ2) is 22.2. The van der Waals surface area contributed by atoms with Gasteiger partial charge < -0.3 is 36.4 Å². The van der Waals surface area contributed by atoms with E-state index in [1.165, 1.54) is 37.4 Å². The van der Waals surface area contributed by atoms with Crippen LogP contribution in [0.2, 0.25) is 0 Å². The number of nitrogens with one attached hydrogen (secondary N) is 1. The Morgan fingerprint density at radius 1 is 0.560 bits per heavy atom. The van der Waals surface area contributed by atoms with Crippen molar-refractivity contribution in [1.82, 2.24) is 49.8 Å². The number of hydrogen-bond donors (Lipinski definition) is 3. The number of aromatic nitrogens is 4. The summed E-state index contributed by atoms with van der Waals surface area (Å²) >= 11 is 0. The molecule has 4 aliphatic heterocycles. The number of carbonyl (C=O) groups is 3. The van der Waals surface area contributed by atoms with Gasteiger partial charge in [-0.15, -0.1) is 0 Å². The number of nitrogen functional groups attached to an aromatic ring is 2. The van der Waals surface area contributed by atoms with Gasteiger partial charge in [-0.2, -0.15) is 0 Å². The zero-order valence-corrected chi connectivity index (χ0v) is 42.0. The molecule has 2 fully saturated rings. The van der Waals surface area contributed by atoms with E-state index >= 15 is 0 Å². The van der Waals surface area contributed by atoms with Gasteiger partial charge in [-0.1, -0.05) is 66.7 Å². The molecule has 0 radical (unpaired) electrons. The van der Waals surface area contributed by atoms with Crippen molar-refractivity contribution in [3.05, 3.63) is 178 Å². The van der Waals surface area contributed by atoms with Crippen LogP contribution < -0.4 is 16.8 Å². The molecule has 0 aliphatic carbocycles. The summed E-state index contributed by atoms with van der Waals surface area (Å²) < 4.78 is 28.3. The van der Waals surface area contributed by atoms with Crippen molar-refractivity contribution in [1.29, 1.82) is 0 Å². The molecule has 0 spiro atoms. The third-order valence-corrected chi connectivity index (χ3v) is 14.3. The molecular formula is C58H58F2N12O3. The molecule has 75 heavy (non-hydrogen) atoms. The van der Waals surface area contributed by atoms with Crippen LogP contribution in [0, 0.1) is 11.6 Å². The number of halogens is 2. The van der Waals surface area contributed by atoms with Gasteiger partial charge in [-0.3, -0.25) is 19.3 Å². The predicted molar refractivity (Wildman–Crippen MR) is 287 cm³/mol. The fourth-order valence-electron chi connectivity index (χ4n) is 10.1. The number of aldehydes is 1. The molecule has 0 saturated carbocycles. The maximum Gasteiger partial charge on any atom is 0.273 e. The fourth-order valence-corrected chi connectivity index (χ4v) is 10.1. The summed E-state index contributed by atoms with van der Waals surface area (Å²) in [6, 6.07) is 35.6. The van der Waals surface area contributed by atoms with Gasteiger partial charge in [0, 0.05) is 101 Å². The first-order valence-electron chi connectivity index (χ1n) is 25.1. The van der Waals surface area contributed by atoms with E-state index in [0.717, 1.165) is 84.8 Å². The first kappa shape index (κ1) is 50.4. The van der Waals surface area contributed by atoms with Crippen molar-refractivity contribution >= 4 is 51.8 Å². The molecule has 8 aromatic rings. The van der Waals surface area contributed by atoms with Crippen LogP contribution in [0.3, 0.4) is 0 Å². The Labute approximate surface area is 433 Å². The quantitative estimate of drug-likeness (QED) is 0.134. The third kappa shape index (κ3) is 11.4. The highest BCUT2D eigenvalue weighted by Gasteiger charge is 2.29. The number of amides is 2. The first-order valence-corrected chi connectivity index (χ1v) is 25.1. The van der Waals surface area contributed by atoms with E-state index in [1.807, 2.05) is 72.8 Å². The molecule has 0 atom stereocenters. The van der Waals surface area contributed by atoms with Crippen molar-refractivity contribution in [3.8, 4) is 22.3 Å². The van der Waals surface area contributed by atoms with Crippen molar-refractivity contribution in [3.63, 3.8) is 0 Å². The van der Waals surface area contributed by atoms with Crippen LogP contribution in [-0.2, 0) is 32.7 Å². The van der Waals surface area contributed by atoms with Crippen LogP contribution in [0.1, 0.15) is 59.2 Å². The Morgan fingerprint density at radius 2 is 1.01 bits per heavy atom. The summed E-state index contributed by atoms with van der Waals surface area (Å²) in [5.41, 5.74) is 21.9. The van der Waals surface area contributed by atoms with Gasteiger partial charge in [0.2, 0.25) is 11.9 Å². The van der Waals surface area contributed by atoms with Crippen LogP contribution >= 0.6 is 0 Å². The van der Waals surface area contributed by atoms with Gasteiger partial charge in [0.25, 0.3) is 11.8 Å². The van der Waals surface area contributed by atoms with Gasteiger partial charge in [0.1, 0.15) is 23.0 Å². The summed E-state index contributed by atoms with van der Waals surface area (Å²) in [4.78, 5) is 66.2. The lowest BCUT2D eigenvalue weighted by Crippen LogP contribution is -2.43. The number of likely N-dealkylation sites (N-methyl/N-ethyl adjacent to an activating group) is 2. The predicted octanol–water partition coefficient (Wildman–Crippen LogP) is 7.43. The normalized spacial score (nSPS) is 15.7. The third-order valence-electron chi connectivity index (χ3n) is 14.3. The lowest BCUT2D eigenvalue weighted by Gasteiger charge is -2.32. The van der Waals surface area contributed by atoms with Crippen LogP contribution in [0.4, 0.5) is 20.7 Å². The number of piperazine rings is 2. The first-order chi connectivity index (χ1) is 36.4. The summed E-state index contributed by atoms with van der Waals surface area (Å²) in [5.74, 6) is -1.15. The van der Waals surface area contributed by atoms with Gasteiger partial charge in [-0.25, -0.2) is 28.7 Å². The number of nitrogens with two attached hydrogens (primary N) is 2. The molecule has 6 aromatic carbocycles. The average molecular weight is 1010 g/mol. The van der Waals surface area contributed by atoms with Crippen molar-refractivity contribution in [2.45, 2.75) is 32.7 Å². The number of hydrogen-bond acceptors (Lipinski definition) is 13. The molecule has 0 unspecified atom stereocenters. The summed E-state index contributed by atoms with van der Waals surface area (Å²) in [6.45, 7) is 11.5. The van der Waals surface area contributed by atoms with Gasteiger partial charge in [0.15, 0.2) is 6.29 Å². The van der Waals surface area contributed by atoms with Gasteiger partial charge >= 0.3 is 0 Å². The molecular weight excluding hydrogens is 951 g/mol. The number of nitrogens with zero attached hydrogens (tertiary/aromatic N) is 9. The molecule has 17 heteroatoms. The summed E-state index contributed by atoms with van der Waals surface area (Å²) in [6.07, 6.45) is 0.673. The van der Waals surface area contributed by atoms with Crippen molar-refractivity contribution in [2.75, 3.05) is 77.9 Å². The minimum atomic E-state index is -0.458. The highest BCUT2D eigenvalue weighted by atomic mass is 19.1. The van der Waals surface area contributed by atoms with Crippen LogP contribution in [0.15, 0.2) is 121 Å². The molecule has 2 aromatic heterocycles. The molecule has 0 bridgehead atoms. The van der Waals surface area contributed by atoms with Crippen molar-refractivity contribution in [2.24, 2.45) is 0 Å². The number of fused-ring (bicyclic) bond motifs is 4. The Morgan fingerprint density at radius 3 is 1.48 bits per heavy atom. The molecule has 4 aliphatic rings. The Kier molecular flexibility index (Phi) is 14.9. The molecule has 2 amide bonds. The number of rotatable bonds is 7. The summed E-state index contributed by atoms with van der Waals surface area (Å²) in [5, 5.41) is 4.38. The van der Waals surface area contributed by atoms with E-state index in [0.29, 0.717) is 71.0 Å². The largest absolute Gasteiger partial charge is 0.368 e. The molecule has 6 heterocycles. The lowest BCUT2D eigenvalue weighted by molar-refractivity contribution is 0.0741. The lowest BCUT2D eigenvalue weighted by atomic mass is 9.97. The minimum absolute atomic E-state index is 0.000327. The zero-order chi connectivity index (χ0) is 52.2. The van der Waals surface area contributed by atoms with Crippen LogP contribution in [0.5, 0.6) is 0 Å². The van der Waals surface area contributed by atoms with Gasteiger partial charge in [0.05, 0.1) is 11.0 Å². The van der Waals surface area contributed by atoms with E-state index < -0.39 is 5.82 Å². The SMILES string of the molecule is CN1CCN(Cc2ccc(F)cc2-c2ccc3nc(N)nc(C(=O)N4Cc5ccccc5C4)c3c2)CC1.CN1CCNCC1.Nc1nc(C(=O)N2Cc3ccccc3C2)c2cc(-c3cc(F)ccc3C=O)ccc2n1. The second-order valence-corrected chi connectivity index (χ2v) is 19.5. The highest BCUT2D eigenvalue weighted by molar-refractivity contribution is 6.07. The standard InChI is InChI=1S/C29H29FN6O.C24H17FN4O2.C5H12N2/c1-34-10-12-35(13-11-34)16-22-6-8-23(30)15-24(22)19-7-9-26-25(14-19)27(33-29(31)32-26)28(37)36-17-20-4-2-3-5-21(20)18-36;25-18-7-5-17(13-30)19(10-18)14-6-8-21-20(9-14)22(28-24(26)27-21)23(31)29-11-15-3-1-2-4-16(15)12-29;1-7-4-2-6-3-5-7/h2-9,14-15H,10-13,16-18H2,1H3,(H2,31,32,33);1-10,13H,11-12H2,(H2,26,27,28);6H,2-5H2,1H3. The Balaban J connectivity index is 0.000000153. The number of benzene rings is 6. The Hall–Kier alpha value is -8.09. The topological polar surface area (TPSA) is 183 Å². The van der Waals surface area contributed by atoms with Gasteiger partial charge in [-0.05, 0) is 119 Å². The van der Waals surface area contributed by atoms with Crippen LogP contribution in [-0.4, -0.2) is 129 Å². The van der Waals surface area contributed by atoms with Crippen LogP contribution in [0.25, 0.3) is 44.1 Å². The van der Waals surface area contributed by atoms with E-state index in [4.69, 9.17) is 11.5 Å². The highest BCUT2D eigenvalue weighted by Crippen LogP contribution is 2.34. The van der Waals surface area contributed by atoms with E-state index in [2.05, 4.69) is 54.0 Å². The van der Waals surface area contributed by atoms with Crippen molar-refractivity contribution < 1.29 is 23.2 Å². The maximum absolute atomic E-state index is 14.4. The zero-order valence-electron chi connectivity index (χ0n) is 42.0. The second-order valence-electron chi connectivity index (χ2n) is 19.5. The Bertz CT molecular complexity index is 3400. The average Bonchev–Trinajstić information content (AvgIpc) is 4.07. The monoisotopic (exact) mass is 1010 g/mol. The fraction of sp³-hybridized carbons (Fsp3) is 0.259. The van der Waals surface area contributed by atoms with E-state index in [1.54, 1.807) is 34.1 Å². The number of carbonyl (C=O) groups excluding carboxylic acids is 3.